The van der Waals surface area contributed by atoms with Crippen molar-refractivity contribution in [3.8, 4) is 5.75 Å². The minimum absolute atomic E-state index is 0.356. The van der Waals surface area contributed by atoms with E-state index in [0.717, 1.165) is 11.3 Å². The average molecular weight is 265 g/mol. The highest BCUT2D eigenvalue weighted by Gasteiger charge is 2.13. The molecular weight excluding hydrogens is 242 g/mol. The quantitative estimate of drug-likeness (QED) is 0.822. The molecule has 1 aromatic rings. The molecule has 1 rings (SSSR count). The van der Waals surface area contributed by atoms with Crippen LogP contribution in [0.2, 0.25) is 0 Å². The van der Waals surface area contributed by atoms with Gasteiger partial charge in [-0.25, -0.2) is 0 Å². The number of ether oxygens (including phenoxy) is 1. The van der Waals surface area contributed by atoms with Gasteiger partial charge < -0.3 is 14.7 Å². The molecule has 0 amide bonds. The molecular formula is C15H23NO3. The number of carbonyl (C=O) groups is 1. The molecule has 0 aromatic heterocycles. The van der Waals surface area contributed by atoms with Gasteiger partial charge in [-0.15, -0.1) is 0 Å². The van der Waals surface area contributed by atoms with Crippen LogP contribution < -0.4 is 4.74 Å². The molecule has 1 aromatic carbocycles. The SMILES string of the molecule is Cc1ccc(C)c(OCCN(C)CC(C)C(=O)O)c1. The third kappa shape index (κ3) is 5.30. The predicted octanol–water partition coefficient (Wildman–Crippen LogP) is 2.33. The van der Waals surface area contributed by atoms with Crippen LogP contribution in [0.1, 0.15) is 18.1 Å². The Morgan fingerprint density at radius 3 is 2.74 bits per heavy atom. The molecule has 1 atom stereocenters. The second-order valence-corrected chi connectivity index (χ2v) is 5.12. The van der Waals surface area contributed by atoms with E-state index >= 15 is 0 Å². The summed E-state index contributed by atoms with van der Waals surface area (Å²) in [7, 11) is 1.91. The molecule has 0 aliphatic rings. The van der Waals surface area contributed by atoms with Crippen LogP contribution in [-0.2, 0) is 4.79 Å². The molecule has 19 heavy (non-hydrogen) atoms. The van der Waals surface area contributed by atoms with Gasteiger partial charge in [0.05, 0.1) is 5.92 Å². The van der Waals surface area contributed by atoms with Gasteiger partial charge in [0.2, 0.25) is 0 Å². The zero-order chi connectivity index (χ0) is 14.4. The van der Waals surface area contributed by atoms with Crippen molar-refractivity contribution in [1.29, 1.82) is 0 Å². The second kappa shape index (κ2) is 7.14. The minimum atomic E-state index is -0.762. The largest absolute Gasteiger partial charge is 0.492 e. The van der Waals surface area contributed by atoms with Gasteiger partial charge in [-0.05, 0) is 38.1 Å². The van der Waals surface area contributed by atoms with Crippen LogP contribution in [0.15, 0.2) is 18.2 Å². The fourth-order valence-electron chi connectivity index (χ4n) is 1.81. The number of benzene rings is 1. The lowest BCUT2D eigenvalue weighted by Crippen LogP contribution is -2.31. The summed E-state index contributed by atoms with van der Waals surface area (Å²) in [5.74, 6) is -0.215. The zero-order valence-electron chi connectivity index (χ0n) is 12.1. The Bertz CT molecular complexity index is 431. The predicted molar refractivity (Wildman–Crippen MR) is 75.7 cm³/mol. The number of likely N-dealkylation sites (N-methyl/N-ethyl adjacent to an activating group) is 1. The van der Waals surface area contributed by atoms with Crippen molar-refractivity contribution >= 4 is 5.97 Å². The third-order valence-electron chi connectivity index (χ3n) is 3.08. The van der Waals surface area contributed by atoms with Crippen molar-refractivity contribution in [2.45, 2.75) is 20.8 Å². The molecule has 0 saturated heterocycles. The fraction of sp³-hybridized carbons (Fsp3) is 0.533. The van der Waals surface area contributed by atoms with E-state index < -0.39 is 5.97 Å². The maximum atomic E-state index is 10.8. The topological polar surface area (TPSA) is 49.8 Å². The first-order chi connectivity index (χ1) is 8.90. The monoisotopic (exact) mass is 265 g/mol. The summed E-state index contributed by atoms with van der Waals surface area (Å²) in [5, 5.41) is 8.84. The van der Waals surface area contributed by atoms with E-state index in [0.29, 0.717) is 19.7 Å². The average Bonchev–Trinajstić information content (AvgIpc) is 2.33. The Morgan fingerprint density at radius 1 is 1.42 bits per heavy atom. The molecule has 1 unspecified atom stereocenters. The van der Waals surface area contributed by atoms with Crippen molar-refractivity contribution in [2.75, 3.05) is 26.7 Å². The Labute approximate surface area is 115 Å². The molecule has 0 fully saturated rings. The number of aliphatic carboxylic acids is 1. The Kier molecular flexibility index (Phi) is 5.83. The highest BCUT2D eigenvalue weighted by Crippen LogP contribution is 2.18. The molecule has 4 heteroatoms. The summed E-state index contributed by atoms with van der Waals surface area (Å²) < 4.78 is 5.74. The summed E-state index contributed by atoms with van der Waals surface area (Å²) in [6.07, 6.45) is 0. The van der Waals surface area contributed by atoms with Crippen molar-refractivity contribution in [2.24, 2.45) is 5.92 Å². The van der Waals surface area contributed by atoms with Crippen LogP contribution in [0, 0.1) is 19.8 Å². The van der Waals surface area contributed by atoms with Gasteiger partial charge in [0.15, 0.2) is 0 Å². The maximum Gasteiger partial charge on any atom is 0.307 e. The van der Waals surface area contributed by atoms with Crippen LogP contribution in [-0.4, -0.2) is 42.7 Å². The van der Waals surface area contributed by atoms with Crippen LogP contribution in [0.25, 0.3) is 0 Å². The smallest absolute Gasteiger partial charge is 0.307 e. The van der Waals surface area contributed by atoms with Gasteiger partial charge in [-0.2, -0.15) is 0 Å². The number of aryl methyl sites for hydroxylation is 2. The molecule has 0 aliphatic carbocycles. The number of carboxylic acids is 1. The molecule has 4 nitrogen and oxygen atoms in total. The van der Waals surface area contributed by atoms with E-state index in [4.69, 9.17) is 9.84 Å². The van der Waals surface area contributed by atoms with Crippen molar-refractivity contribution < 1.29 is 14.6 Å². The van der Waals surface area contributed by atoms with E-state index in [1.807, 2.05) is 37.9 Å². The van der Waals surface area contributed by atoms with E-state index in [1.165, 1.54) is 5.56 Å². The van der Waals surface area contributed by atoms with E-state index in [-0.39, 0.29) is 5.92 Å². The number of rotatable bonds is 7. The summed E-state index contributed by atoms with van der Waals surface area (Å²) in [6.45, 7) is 7.58. The van der Waals surface area contributed by atoms with Crippen LogP contribution in [0.3, 0.4) is 0 Å². The number of hydrogen-bond acceptors (Lipinski definition) is 3. The molecule has 0 spiro atoms. The van der Waals surface area contributed by atoms with E-state index in [9.17, 15) is 4.79 Å². The minimum Gasteiger partial charge on any atom is -0.492 e. The van der Waals surface area contributed by atoms with Crippen LogP contribution in [0.5, 0.6) is 5.75 Å². The van der Waals surface area contributed by atoms with Gasteiger partial charge in [0, 0.05) is 13.1 Å². The lowest BCUT2D eigenvalue weighted by Gasteiger charge is -2.19. The molecule has 0 radical (unpaired) electrons. The normalized spacial score (nSPS) is 12.5. The number of hydrogen-bond donors (Lipinski definition) is 1. The summed E-state index contributed by atoms with van der Waals surface area (Å²) in [6, 6.07) is 6.12. The molecule has 106 valence electrons. The zero-order valence-corrected chi connectivity index (χ0v) is 12.1. The fourth-order valence-corrected chi connectivity index (χ4v) is 1.81. The van der Waals surface area contributed by atoms with Crippen LogP contribution in [0.4, 0.5) is 0 Å². The van der Waals surface area contributed by atoms with Gasteiger partial charge in [0.25, 0.3) is 0 Å². The van der Waals surface area contributed by atoms with E-state index in [1.54, 1.807) is 6.92 Å². The lowest BCUT2D eigenvalue weighted by atomic mass is 10.1. The van der Waals surface area contributed by atoms with Gasteiger partial charge >= 0.3 is 5.97 Å². The Balaban J connectivity index is 2.37. The summed E-state index contributed by atoms with van der Waals surface area (Å²) in [5.41, 5.74) is 2.29. The molecule has 1 N–H and O–H groups in total. The Morgan fingerprint density at radius 2 is 2.11 bits per heavy atom. The highest BCUT2D eigenvalue weighted by molar-refractivity contribution is 5.69. The van der Waals surface area contributed by atoms with Crippen molar-refractivity contribution in [1.82, 2.24) is 4.90 Å². The van der Waals surface area contributed by atoms with Gasteiger partial charge in [-0.3, -0.25) is 4.79 Å². The standard InChI is InChI=1S/C15H23NO3/c1-11-5-6-12(2)14(9-11)19-8-7-16(4)10-13(3)15(17)18/h5-6,9,13H,7-8,10H2,1-4H3,(H,17,18). The van der Waals surface area contributed by atoms with Crippen molar-refractivity contribution in [3.63, 3.8) is 0 Å². The van der Waals surface area contributed by atoms with Crippen LogP contribution >= 0.6 is 0 Å². The maximum absolute atomic E-state index is 10.8. The second-order valence-electron chi connectivity index (χ2n) is 5.12. The molecule has 0 aliphatic heterocycles. The Hall–Kier alpha value is -1.55. The highest BCUT2D eigenvalue weighted by atomic mass is 16.5. The molecule has 0 bridgehead atoms. The first kappa shape index (κ1) is 15.5. The first-order valence-corrected chi connectivity index (χ1v) is 6.51. The molecule has 0 heterocycles. The molecule has 0 saturated carbocycles. The number of carboxylic acid groups (broad SMARTS) is 1. The van der Waals surface area contributed by atoms with Gasteiger partial charge in [-0.1, -0.05) is 19.1 Å². The lowest BCUT2D eigenvalue weighted by molar-refractivity contribution is -0.141. The van der Waals surface area contributed by atoms with E-state index in [2.05, 4.69) is 6.07 Å². The third-order valence-corrected chi connectivity index (χ3v) is 3.08. The number of nitrogens with zero attached hydrogens (tertiary/aromatic N) is 1. The summed E-state index contributed by atoms with van der Waals surface area (Å²) >= 11 is 0. The van der Waals surface area contributed by atoms with Gasteiger partial charge in [0.1, 0.15) is 12.4 Å². The first-order valence-electron chi connectivity index (χ1n) is 6.51. The summed E-state index contributed by atoms with van der Waals surface area (Å²) in [4.78, 5) is 12.7. The van der Waals surface area contributed by atoms with Crippen molar-refractivity contribution in [3.05, 3.63) is 29.3 Å².